The van der Waals surface area contributed by atoms with Crippen LogP contribution in [0.2, 0.25) is 0 Å². The van der Waals surface area contributed by atoms with Crippen LogP contribution < -0.4 is 0 Å². The first-order chi connectivity index (χ1) is 3.83. The fraction of sp³-hybridized carbons (Fsp3) is 1.00. The highest BCUT2D eigenvalue weighted by molar-refractivity contribution is 6.40. The van der Waals surface area contributed by atoms with Crippen molar-refractivity contribution in [2.24, 2.45) is 0 Å². The summed E-state index contributed by atoms with van der Waals surface area (Å²) in [7, 11) is 0. The van der Waals surface area contributed by atoms with Gasteiger partial charge in [0.15, 0.2) is 0 Å². The van der Waals surface area contributed by atoms with E-state index in [-0.39, 0.29) is 5.34 Å². The molecule has 2 heteroatoms. The summed E-state index contributed by atoms with van der Waals surface area (Å²) < 4.78 is 0. The zero-order valence-electron chi connectivity index (χ0n) is 5.58. The Kier molecular flexibility index (Phi) is 22.3. The van der Waals surface area contributed by atoms with Crippen LogP contribution in [-0.4, -0.2) is 5.34 Å². The highest BCUT2D eigenvalue weighted by Gasteiger charge is 1.68. The Balaban J connectivity index is 0. The van der Waals surface area contributed by atoms with Crippen molar-refractivity contribution in [3.8, 4) is 0 Å². The SMILES string of the molecule is CCCCC.ClCCl. The molecular formula is C6H14Cl2. The van der Waals surface area contributed by atoms with Crippen LogP contribution in [-0.2, 0) is 0 Å². The van der Waals surface area contributed by atoms with Crippen LogP contribution >= 0.6 is 23.2 Å². The third-order valence-electron chi connectivity index (χ3n) is 0.707. The molecule has 0 aliphatic rings. The van der Waals surface area contributed by atoms with Gasteiger partial charge in [0.05, 0.1) is 5.34 Å². The molecule has 0 bridgehead atoms. The first kappa shape index (κ1) is 11.4. The van der Waals surface area contributed by atoms with Crippen molar-refractivity contribution >= 4 is 23.2 Å². The summed E-state index contributed by atoms with van der Waals surface area (Å²) in [4.78, 5) is 0. The van der Waals surface area contributed by atoms with Gasteiger partial charge in [-0.3, -0.25) is 0 Å². The van der Waals surface area contributed by atoms with Crippen molar-refractivity contribution < 1.29 is 0 Å². The lowest BCUT2D eigenvalue weighted by atomic mass is 10.3. The molecule has 0 aliphatic heterocycles. The number of hydrogen-bond donors (Lipinski definition) is 0. The Hall–Kier alpha value is 0.580. The molecule has 52 valence electrons. The highest BCUT2D eigenvalue weighted by atomic mass is 35.5. The first-order valence-corrected chi connectivity index (χ1v) is 4.02. The van der Waals surface area contributed by atoms with Crippen LogP contribution in [0.5, 0.6) is 0 Å². The van der Waals surface area contributed by atoms with Crippen LogP contribution in [0.15, 0.2) is 0 Å². The lowest BCUT2D eigenvalue weighted by Gasteiger charge is -1.79. The van der Waals surface area contributed by atoms with Crippen LogP contribution in [0.25, 0.3) is 0 Å². The molecule has 0 spiro atoms. The van der Waals surface area contributed by atoms with E-state index in [0.717, 1.165) is 0 Å². The second-order valence-electron chi connectivity index (χ2n) is 1.45. The van der Waals surface area contributed by atoms with Gasteiger partial charge in [0.25, 0.3) is 0 Å². The first-order valence-electron chi connectivity index (χ1n) is 2.95. The maximum Gasteiger partial charge on any atom is 0.0967 e. The van der Waals surface area contributed by atoms with Gasteiger partial charge >= 0.3 is 0 Å². The topological polar surface area (TPSA) is 0 Å². The van der Waals surface area contributed by atoms with Gasteiger partial charge in [-0.2, -0.15) is 0 Å². The molecule has 8 heavy (non-hydrogen) atoms. The molecular weight excluding hydrogens is 143 g/mol. The van der Waals surface area contributed by atoms with E-state index >= 15 is 0 Å². The number of alkyl halides is 2. The smallest absolute Gasteiger partial charge is 0.0967 e. The van der Waals surface area contributed by atoms with Gasteiger partial charge in [-0.25, -0.2) is 0 Å². The molecule has 0 N–H and O–H groups in total. The molecule has 0 nitrogen and oxygen atoms in total. The van der Waals surface area contributed by atoms with Crippen molar-refractivity contribution in [3.63, 3.8) is 0 Å². The summed E-state index contributed by atoms with van der Waals surface area (Å²) in [5, 5.41) is 0.194. The van der Waals surface area contributed by atoms with E-state index < -0.39 is 0 Å². The molecule has 0 aromatic rings. The zero-order chi connectivity index (χ0) is 6.83. The van der Waals surface area contributed by atoms with E-state index in [0.29, 0.717) is 0 Å². The predicted octanol–water partition coefficient (Wildman–Crippen LogP) is 3.62. The maximum absolute atomic E-state index is 4.76. The Bertz CT molecular complexity index is 20.5. The largest absolute Gasteiger partial charge is 0.109 e. The summed E-state index contributed by atoms with van der Waals surface area (Å²) in [6, 6.07) is 0. The molecule has 0 aromatic heterocycles. The van der Waals surface area contributed by atoms with Gasteiger partial charge in [0, 0.05) is 0 Å². The van der Waals surface area contributed by atoms with Gasteiger partial charge < -0.3 is 0 Å². The van der Waals surface area contributed by atoms with E-state index in [1.54, 1.807) is 0 Å². The number of rotatable bonds is 2. The Morgan fingerprint density at radius 3 is 1.25 bits per heavy atom. The summed E-state index contributed by atoms with van der Waals surface area (Å²) in [5.74, 6) is 0. The monoisotopic (exact) mass is 156 g/mol. The van der Waals surface area contributed by atoms with Crippen LogP contribution in [0.1, 0.15) is 33.1 Å². The minimum Gasteiger partial charge on any atom is -0.109 e. The molecule has 0 radical (unpaired) electrons. The quantitative estimate of drug-likeness (QED) is 0.537. The van der Waals surface area contributed by atoms with Crippen molar-refractivity contribution in [2.75, 3.05) is 5.34 Å². The van der Waals surface area contributed by atoms with E-state index in [1.807, 2.05) is 0 Å². The van der Waals surface area contributed by atoms with Crippen molar-refractivity contribution in [1.82, 2.24) is 0 Å². The molecule has 0 amide bonds. The fourth-order valence-electron chi connectivity index (χ4n) is 0.354. The van der Waals surface area contributed by atoms with Crippen LogP contribution in [0.4, 0.5) is 0 Å². The molecule has 0 atom stereocenters. The lowest BCUT2D eigenvalue weighted by Crippen LogP contribution is -1.59. The molecule has 0 fully saturated rings. The fourth-order valence-corrected chi connectivity index (χ4v) is 0.354. The number of hydrogen-bond acceptors (Lipinski definition) is 0. The van der Waals surface area contributed by atoms with Crippen molar-refractivity contribution in [3.05, 3.63) is 0 Å². The van der Waals surface area contributed by atoms with E-state index in [4.69, 9.17) is 23.2 Å². The van der Waals surface area contributed by atoms with Gasteiger partial charge in [-0.1, -0.05) is 33.1 Å². The second kappa shape index (κ2) is 15.6. The van der Waals surface area contributed by atoms with E-state index in [9.17, 15) is 0 Å². The molecule has 0 rings (SSSR count). The summed E-state index contributed by atoms with van der Waals surface area (Å²) >= 11 is 9.53. The Morgan fingerprint density at radius 2 is 1.25 bits per heavy atom. The Labute approximate surface area is 62.2 Å². The second-order valence-corrected chi connectivity index (χ2v) is 2.26. The molecule has 0 aromatic carbocycles. The zero-order valence-corrected chi connectivity index (χ0v) is 7.10. The van der Waals surface area contributed by atoms with E-state index in [2.05, 4.69) is 13.8 Å². The standard InChI is InChI=1S/C5H12.CH2Cl2/c1-3-5-4-2;2-1-3/h3-5H2,1-2H3;1H2. The third kappa shape index (κ3) is 30.8. The van der Waals surface area contributed by atoms with E-state index in [1.165, 1.54) is 19.3 Å². The summed E-state index contributed by atoms with van der Waals surface area (Å²) in [5.41, 5.74) is 0. The van der Waals surface area contributed by atoms with Gasteiger partial charge in [-0.05, 0) is 0 Å². The summed E-state index contributed by atoms with van der Waals surface area (Å²) in [6.45, 7) is 4.42. The van der Waals surface area contributed by atoms with Gasteiger partial charge in [0.2, 0.25) is 0 Å². The maximum atomic E-state index is 4.76. The minimum absolute atomic E-state index is 0.194. The summed E-state index contributed by atoms with van der Waals surface area (Å²) in [6.07, 6.45) is 4.08. The van der Waals surface area contributed by atoms with Crippen molar-refractivity contribution in [2.45, 2.75) is 33.1 Å². The normalized spacial score (nSPS) is 7.50. The minimum atomic E-state index is 0.194. The molecule has 0 saturated carbocycles. The molecule has 0 saturated heterocycles. The molecule has 0 aliphatic carbocycles. The van der Waals surface area contributed by atoms with Crippen LogP contribution in [0.3, 0.4) is 0 Å². The predicted molar refractivity (Wildman–Crippen MR) is 41.8 cm³/mol. The average molecular weight is 157 g/mol. The molecule has 0 heterocycles. The molecule has 0 unspecified atom stereocenters. The lowest BCUT2D eigenvalue weighted by molar-refractivity contribution is 0.772. The number of halogens is 2. The van der Waals surface area contributed by atoms with Crippen molar-refractivity contribution in [1.29, 1.82) is 0 Å². The average Bonchev–Trinajstić information content (AvgIpc) is 1.71. The third-order valence-corrected chi connectivity index (χ3v) is 0.707. The number of unbranched alkanes of at least 4 members (excludes halogenated alkanes) is 2. The Morgan fingerprint density at radius 1 is 1.00 bits per heavy atom. The van der Waals surface area contributed by atoms with Gasteiger partial charge in [0.1, 0.15) is 0 Å². The highest BCUT2D eigenvalue weighted by Crippen LogP contribution is 1.88. The van der Waals surface area contributed by atoms with Gasteiger partial charge in [-0.15, -0.1) is 23.2 Å². The van der Waals surface area contributed by atoms with Crippen LogP contribution in [0, 0.1) is 0 Å².